The van der Waals surface area contributed by atoms with E-state index >= 15 is 0 Å². The van der Waals surface area contributed by atoms with Crippen LogP contribution in [0.25, 0.3) is 0 Å². The van der Waals surface area contributed by atoms with Crippen LogP contribution in [0.5, 0.6) is 5.75 Å². The molecule has 0 spiro atoms. The number of rotatable bonds is 5. The van der Waals surface area contributed by atoms with Crippen molar-refractivity contribution < 1.29 is 9.53 Å². The van der Waals surface area contributed by atoms with Gasteiger partial charge in [0.05, 0.1) is 11.6 Å². The van der Waals surface area contributed by atoms with Crippen molar-refractivity contribution in [2.24, 2.45) is 11.8 Å². The maximum absolute atomic E-state index is 12.4. The molecule has 1 aromatic carbocycles. The third kappa shape index (κ3) is 3.85. The first-order valence-electron chi connectivity index (χ1n) is 7.49. The van der Waals surface area contributed by atoms with E-state index in [1.54, 1.807) is 7.11 Å². The molecule has 0 aliphatic heterocycles. The zero-order valence-electron chi connectivity index (χ0n) is 12.3. The number of hydrogen-bond acceptors (Lipinski definition) is 2. The minimum absolute atomic E-state index is 0.277. The van der Waals surface area contributed by atoms with Crippen LogP contribution in [-0.2, 0) is 11.2 Å². The van der Waals surface area contributed by atoms with E-state index < -0.39 is 0 Å². The van der Waals surface area contributed by atoms with Gasteiger partial charge in [-0.05, 0) is 65.2 Å². The Bertz CT molecular complexity index is 462. The van der Waals surface area contributed by atoms with Crippen molar-refractivity contribution in [3.63, 3.8) is 0 Å². The number of hydrogen-bond donors (Lipinski definition) is 0. The summed E-state index contributed by atoms with van der Waals surface area (Å²) in [5, 5.41) is 0. The molecule has 110 valence electrons. The molecule has 0 amide bonds. The highest BCUT2D eigenvalue weighted by molar-refractivity contribution is 9.10. The zero-order chi connectivity index (χ0) is 14.5. The summed E-state index contributed by atoms with van der Waals surface area (Å²) in [5.41, 5.74) is 1.07. The first kappa shape index (κ1) is 15.6. The summed E-state index contributed by atoms with van der Waals surface area (Å²) in [6.07, 6.45) is 6.40. The minimum atomic E-state index is 0.277. The quantitative estimate of drug-likeness (QED) is 0.771. The van der Waals surface area contributed by atoms with Crippen LogP contribution in [-0.4, -0.2) is 12.9 Å². The molecular formula is C17H23BrO2. The van der Waals surface area contributed by atoms with Gasteiger partial charge in [0.15, 0.2) is 0 Å². The van der Waals surface area contributed by atoms with Gasteiger partial charge in [-0.25, -0.2) is 0 Å². The summed E-state index contributed by atoms with van der Waals surface area (Å²) in [4.78, 5) is 12.4. The highest BCUT2D eigenvalue weighted by atomic mass is 79.9. The molecule has 0 atom stereocenters. The molecule has 0 unspecified atom stereocenters. The summed E-state index contributed by atoms with van der Waals surface area (Å²) in [6.45, 7) is 2.25. The Morgan fingerprint density at radius 1 is 1.30 bits per heavy atom. The third-order valence-corrected chi connectivity index (χ3v) is 5.09. The Morgan fingerprint density at radius 2 is 2.00 bits per heavy atom. The molecule has 3 heteroatoms. The van der Waals surface area contributed by atoms with Crippen molar-refractivity contribution in [2.45, 2.75) is 45.4 Å². The fourth-order valence-corrected chi connectivity index (χ4v) is 3.65. The number of benzene rings is 1. The average molecular weight is 339 g/mol. The maximum atomic E-state index is 12.4. The zero-order valence-corrected chi connectivity index (χ0v) is 13.9. The predicted molar refractivity (Wildman–Crippen MR) is 85.1 cm³/mol. The lowest BCUT2D eigenvalue weighted by Gasteiger charge is -2.26. The second kappa shape index (κ2) is 7.26. The number of halogens is 1. The van der Waals surface area contributed by atoms with E-state index in [1.165, 1.54) is 19.3 Å². The number of Topliss-reactive ketones (excluding diaryl/α,β-unsaturated/α-hetero) is 1. The first-order chi connectivity index (χ1) is 9.63. The van der Waals surface area contributed by atoms with Crippen molar-refractivity contribution in [3.05, 3.63) is 28.2 Å². The molecule has 1 fully saturated rings. The van der Waals surface area contributed by atoms with Gasteiger partial charge in [0.2, 0.25) is 0 Å². The Morgan fingerprint density at radius 3 is 2.55 bits per heavy atom. The van der Waals surface area contributed by atoms with Crippen LogP contribution >= 0.6 is 15.9 Å². The van der Waals surface area contributed by atoms with Crippen molar-refractivity contribution in [3.8, 4) is 5.75 Å². The molecule has 20 heavy (non-hydrogen) atoms. The highest BCUT2D eigenvalue weighted by Crippen LogP contribution is 2.32. The summed E-state index contributed by atoms with van der Waals surface area (Å²) in [6, 6.07) is 5.90. The first-order valence-corrected chi connectivity index (χ1v) is 8.28. The van der Waals surface area contributed by atoms with Gasteiger partial charge in [-0.1, -0.05) is 19.4 Å². The molecule has 0 aromatic heterocycles. The molecule has 1 saturated carbocycles. The summed E-state index contributed by atoms with van der Waals surface area (Å²) in [5.74, 6) is 2.33. The van der Waals surface area contributed by atoms with Crippen molar-refractivity contribution in [2.75, 3.05) is 7.11 Å². The van der Waals surface area contributed by atoms with Gasteiger partial charge in [-0.3, -0.25) is 4.79 Å². The number of carbonyl (C=O) groups excluding carboxylic acids is 1. The fraction of sp³-hybridized carbons (Fsp3) is 0.588. The van der Waals surface area contributed by atoms with E-state index in [0.717, 1.165) is 34.5 Å². The fourth-order valence-electron chi connectivity index (χ4n) is 3.06. The van der Waals surface area contributed by atoms with E-state index in [9.17, 15) is 4.79 Å². The molecule has 0 bridgehead atoms. The minimum Gasteiger partial charge on any atom is -0.496 e. The molecule has 1 aliphatic carbocycles. The van der Waals surface area contributed by atoms with E-state index in [1.807, 2.05) is 18.2 Å². The van der Waals surface area contributed by atoms with Gasteiger partial charge in [-0.2, -0.15) is 0 Å². The molecular weight excluding hydrogens is 316 g/mol. The van der Waals surface area contributed by atoms with Gasteiger partial charge >= 0.3 is 0 Å². The van der Waals surface area contributed by atoms with Gasteiger partial charge in [0, 0.05) is 12.3 Å². The van der Waals surface area contributed by atoms with Crippen LogP contribution in [0.2, 0.25) is 0 Å². The molecule has 0 saturated heterocycles. The van der Waals surface area contributed by atoms with E-state index in [0.29, 0.717) is 12.2 Å². The topological polar surface area (TPSA) is 26.3 Å². The van der Waals surface area contributed by atoms with Gasteiger partial charge in [0.1, 0.15) is 11.5 Å². The molecule has 1 aromatic rings. The Balaban J connectivity index is 1.93. The van der Waals surface area contributed by atoms with Crippen LogP contribution in [0, 0.1) is 11.8 Å². The van der Waals surface area contributed by atoms with Gasteiger partial charge < -0.3 is 4.74 Å². The van der Waals surface area contributed by atoms with Crippen LogP contribution in [0.15, 0.2) is 22.7 Å². The van der Waals surface area contributed by atoms with Gasteiger partial charge in [-0.15, -0.1) is 0 Å². The largest absolute Gasteiger partial charge is 0.496 e. The Hall–Kier alpha value is -0.830. The normalized spacial score (nSPS) is 22.6. The lowest BCUT2D eigenvalue weighted by molar-refractivity contribution is -0.123. The summed E-state index contributed by atoms with van der Waals surface area (Å²) < 4.78 is 6.13. The molecule has 2 nitrogen and oxygen atoms in total. The molecule has 2 rings (SSSR count). The number of methoxy groups -OCH3 is 1. The predicted octanol–water partition coefficient (Wildman–Crippen LogP) is 4.79. The van der Waals surface area contributed by atoms with Gasteiger partial charge in [0.25, 0.3) is 0 Å². The van der Waals surface area contributed by atoms with E-state index in [2.05, 4.69) is 22.9 Å². The van der Waals surface area contributed by atoms with Crippen molar-refractivity contribution in [1.82, 2.24) is 0 Å². The van der Waals surface area contributed by atoms with Crippen molar-refractivity contribution in [1.29, 1.82) is 0 Å². The monoisotopic (exact) mass is 338 g/mol. The molecule has 0 heterocycles. The third-order valence-electron chi connectivity index (χ3n) is 4.47. The molecule has 1 aliphatic rings. The smallest absolute Gasteiger partial charge is 0.140 e. The highest BCUT2D eigenvalue weighted by Gasteiger charge is 2.25. The summed E-state index contributed by atoms with van der Waals surface area (Å²) in [7, 11) is 1.65. The summed E-state index contributed by atoms with van der Waals surface area (Å²) >= 11 is 3.47. The standard InChI is InChI=1S/C17H23BrO2/c1-3-12-4-7-14(8-5-12)16(19)11-13-6-9-17(20-2)15(18)10-13/h6,9-10,12,14H,3-5,7-8,11H2,1-2H3. The number of carbonyl (C=O) groups is 1. The number of ketones is 1. The number of ether oxygens (including phenoxy) is 1. The lowest BCUT2D eigenvalue weighted by atomic mass is 9.78. The molecule has 0 radical (unpaired) electrons. The Kier molecular flexibility index (Phi) is 5.64. The van der Waals surface area contributed by atoms with Crippen molar-refractivity contribution >= 4 is 21.7 Å². The van der Waals surface area contributed by atoms with Crippen LogP contribution in [0.1, 0.15) is 44.6 Å². The van der Waals surface area contributed by atoms with Crippen LogP contribution < -0.4 is 4.74 Å². The van der Waals surface area contributed by atoms with Crippen LogP contribution in [0.4, 0.5) is 0 Å². The second-order valence-corrected chi connectivity index (χ2v) is 6.59. The van der Waals surface area contributed by atoms with E-state index in [-0.39, 0.29) is 5.92 Å². The second-order valence-electron chi connectivity index (χ2n) is 5.74. The van der Waals surface area contributed by atoms with Crippen LogP contribution in [0.3, 0.4) is 0 Å². The average Bonchev–Trinajstić information content (AvgIpc) is 2.47. The Labute approximate surface area is 130 Å². The maximum Gasteiger partial charge on any atom is 0.140 e. The van der Waals surface area contributed by atoms with E-state index in [4.69, 9.17) is 4.74 Å². The SMILES string of the molecule is CCC1CCC(C(=O)Cc2ccc(OC)c(Br)c2)CC1. The lowest BCUT2D eigenvalue weighted by Crippen LogP contribution is -2.23. The molecule has 0 N–H and O–H groups in total.